The lowest BCUT2D eigenvalue weighted by Crippen LogP contribution is -2.46. The number of nitrogen functional groups attached to an aromatic ring is 2. The first-order valence-corrected chi connectivity index (χ1v) is 31.0. The van der Waals surface area contributed by atoms with E-state index in [1.54, 1.807) is 0 Å². The molecule has 0 aromatic carbocycles. The van der Waals surface area contributed by atoms with E-state index in [4.69, 9.17) is 41.3 Å². The lowest BCUT2D eigenvalue weighted by Gasteiger charge is -2.26. The number of hydrogen-bond acceptors (Lipinski definition) is 34. The lowest BCUT2D eigenvalue weighted by molar-refractivity contribution is -0.766. The number of carbonyl (C=O) groups is 2. The SMILES string of the molecule is NC(=O)c1ccc[n+]([C@@H]2O[C@H](COP(=O)([O-])OP(=O)(O)OC[C@H]3O[C@@H](n4cnc5c(N)ncnc54)[C@H](O)[C@@H]3O)[C@@H](O)[C@H]2O)c1.Nc1ncnc2c1ncn2[C@@H]1O[C@H](COP(=O)(O)OP(=O)([O-])OC[C@H]2O[C@@H]([n+]3cccc(C(=O)O)c3)[C@H](O)[C@@H]2O)[C@@H](O)[C@H]1O. The summed E-state index contributed by atoms with van der Waals surface area (Å²) in [6.07, 6.45) is -14.5. The normalized spacial score (nSPS) is 31.6. The van der Waals surface area contributed by atoms with Crippen molar-refractivity contribution in [2.75, 3.05) is 37.9 Å². The van der Waals surface area contributed by atoms with Crippen LogP contribution < -0.4 is 36.1 Å². The number of aromatic carboxylic acids is 1. The van der Waals surface area contributed by atoms with Gasteiger partial charge in [-0.3, -0.25) is 32.1 Å². The van der Waals surface area contributed by atoms with Crippen molar-refractivity contribution < 1.29 is 148 Å². The van der Waals surface area contributed by atoms with Gasteiger partial charge in [0.25, 0.3) is 34.0 Å². The van der Waals surface area contributed by atoms with Crippen molar-refractivity contribution in [2.24, 2.45) is 5.73 Å². The summed E-state index contributed by atoms with van der Waals surface area (Å²) in [5.41, 5.74) is 17.3. The second-order valence-electron chi connectivity index (χ2n) is 19.3. The zero-order valence-corrected chi connectivity index (χ0v) is 47.8. The van der Waals surface area contributed by atoms with Gasteiger partial charge in [0.1, 0.15) is 95.9 Å². The number of fused-ring (bicyclic) bond motifs is 2. The van der Waals surface area contributed by atoms with Crippen LogP contribution in [0.1, 0.15) is 45.6 Å². The second kappa shape index (κ2) is 26.4. The monoisotopic (exact) mass is 1330 g/mol. The van der Waals surface area contributed by atoms with E-state index in [0.29, 0.717) is 0 Å². The average molecular weight is 1330 g/mol. The molecular weight excluding hydrogens is 1270 g/mol. The van der Waals surface area contributed by atoms with E-state index < -0.39 is 168 Å². The van der Waals surface area contributed by atoms with E-state index in [2.05, 4.69) is 56.6 Å². The van der Waals surface area contributed by atoms with Gasteiger partial charge in [0.2, 0.25) is 0 Å². The lowest BCUT2D eigenvalue weighted by atomic mass is 10.1. The largest absolute Gasteiger partial charge is 0.756 e. The maximum absolute atomic E-state index is 12.4. The number of primary amides is 1. The summed E-state index contributed by atoms with van der Waals surface area (Å²) < 4.78 is 103. The molecule has 0 spiro atoms. The van der Waals surface area contributed by atoms with Crippen LogP contribution in [0.5, 0.6) is 0 Å². The van der Waals surface area contributed by atoms with Crippen LogP contribution in [0, 0.1) is 0 Å². The number of imidazole rings is 2. The Morgan fingerprint density at radius 2 is 0.909 bits per heavy atom. The van der Waals surface area contributed by atoms with Gasteiger partial charge in [0.15, 0.2) is 72.4 Å². The maximum Gasteiger partial charge on any atom is 0.478 e. The Morgan fingerprint density at radius 1 is 0.545 bits per heavy atom. The third-order valence-corrected chi connectivity index (χ3v) is 18.6. The van der Waals surface area contributed by atoms with Gasteiger partial charge in [-0.25, -0.2) is 52.4 Å². The number of anilines is 2. The van der Waals surface area contributed by atoms with Crippen molar-refractivity contribution in [1.29, 1.82) is 0 Å². The van der Waals surface area contributed by atoms with Crippen LogP contribution in [0.4, 0.5) is 11.6 Å². The number of nitrogens with two attached hydrogens (primary N) is 3. The molecule has 6 aromatic rings. The molecule has 6 aromatic heterocycles. The Balaban J connectivity index is 0.000000209. The number of carboxylic acids is 1. The minimum absolute atomic E-state index is 0.0405. The fraction of sp³-hybridized carbons (Fsp3) is 0.476. The van der Waals surface area contributed by atoms with E-state index >= 15 is 0 Å². The Labute approximate surface area is 490 Å². The van der Waals surface area contributed by atoms with Gasteiger partial charge in [0.05, 0.1) is 39.1 Å². The number of aliphatic hydroxyl groups is 8. The predicted octanol–water partition coefficient (Wildman–Crippen LogP) is -6.70. The Morgan fingerprint density at radius 3 is 1.31 bits per heavy atom. The summed E-state index contributed by atoms with van der Waals surface area (Å²) in [6, 6.07) is 5.43. The molecule has 4 aliphatic heterocycles. The van der Waals surface area contributed by atoms with Crippen LogP contribution in [-0.4, -0.2) is 206 Å². The van der Waals surface area contributed by atoms with Crippen LogP contribution in [0.25, 0.3) is 22.3 Å². The molecule has 0 saturated carbocycles. The smallest absolute Gasteiger partial charge is 0.478 e. The molecule has 10 heterocycles. The quantitative estimate of drug-likeness (QED) is 0.0222. The molecule has 10 rings (SSSR count). The van der Waals surface area contributed by atoms with Gasteiger partial charge in [-0.05, 0) is 12.1 Å². The molecule has 0 bridgehead atoms. The van der Waals surface area contributed by atoms with Crippen LogP contribution in [0.3, 0.4) is 0 Å². The molecule has 17 N–H and O–H groups in total. The fourth-order valence-corrected chi connectivity index (χ4v) is 13.2. The van der Waals surface area contributed by atoms with E-state index in [9.17, 15) is 88.3 Å². The number of nitrogens with zero attached hydrogens (tertiary/aromatic N) is 10. The molecule has 46 heteroatoms. The van der Waals surface area contributed by atoms with Crippen molar-refractivity contribution in [2.45, 2.75) is 98.2 Å². The summed E-state index contributed by atoms with van der Waals surface area (Å²) >= 11 is 0. The van der Waals surface area contributed by atoms with Crippen molar-refractivity contribution in [1.82, 2.24) is 39.0 Å². The minimum atomic E-state index is -5.63. The number of aliphatic hydroxyl groups excluding tert-OH is 8. The number of phosphoric ester groups is 4. The van der Waals surface area contributed by atoms with Gasteiger partial charge in [-0.2, -0.15) is 9.13 Å². The number of phosphoric acid groups is 4. The highest BCUT2D eigenvalue weighted by atomic mass is 31.3. The van der Waals surface area contributed by atoms with Crippen molar-refractivity contribution >= 4 is 77.1 Å². The third-order valence-electron chi connectivity index (χ3n) is 13.4. The molecule has 88 heavy (non-hydrogen) atoms. The summed E-state index contributed by atoms with van der Waals surface area (Å²) in [6.45, 7) is -3.81. The van der Waals surface area contributed by atoms with Gasteiger partial charge >= 0.3 is 21.6 Å². The van der Waals surface area contributed by atoms with Gasteiger partial charge < -0.3 is 111 Å². The van der Waals surface area contributed by atoms with Crippen LogP contribution in [0.2, 0.25) is 0 Å². The Bertz CT molecular complexity index is 3490. The summed E-state index contributed by atoms with van der Waals surface area (Å²) in [7, 11) is -22.1. The molecule has 4 unspecified atom stereocenters. The number of carboxylic acid groups (broad SMARTS) is 1. The first kappa shape index (κ1) is 66.4. The predicted molar refractivity (Wildman–Crippen MR) is 273 cm³/mol. The number of carbonyl (C=O) groups excluding carboxylic acids is 1. The number of ether oxygens (including phenoxy) is 4. The summed E-state index contributed by atoms with van der Waals surface area (Å²) in [4.78, 5) is 90.8. The molecule has 20 atom stereocenters. The van der Waals surface area contributed by atoms with Crippen molar-refractivity contribution in [3.63, 3.8) is 0 Å². The molecule has 1 amide bonds. The van der Waals surface area contributed by atoms with Crippen molar-refractivity contribution in [3.05, 3.63) is 85.5 Å². The van der Waals surface area contributed by atoms with Crippen LogP contribution in [-0.2, 0) is 63.9 Å². The Hall–Kier alpha value is -6.02. The number of rotatable bonds is 22. The molecular formula is C42H53N13O29P4. The molecule has 42 nitrogen and oxygen atoms in total. The highest BCUT2D eigenvalue weighted by Gasteiger charge is 2.52. The maximum atomic E-state index is 12.4. The summed E-state index contributed by atoms with van der Waals surface area (Å²) in [5.74, 6) is -1.96. The average Bonchev–Trinajstić information content (AvgIpc) is 4.30. The second-order valence-corrected chi connectivity index (χ2v) is 25.3. The van der Waals surface area contributed by atoms with E-state index in [1.807, 2.05) is 0 Å². The highest BCUT2D eigenvalue weighted by Crippen LogP contribution is 2.60. The third kappa shape index (κ3) is 14.7. The summed E-state index contributed by atoms with van der Waals surface area (Å²) in [5, 5.41) is 92.2. The first-order chi connectivity index (χ1) is 41.3. The van der Waals surface area contributed by atoms with Crippen LogP contribution >= 0.6 is 31.3 Å². The fourth-order valence-electron chi connectivity index (χ4n) is 9.12. The van der Waals surface area contributed by atoms with E-state index in [0.717, 1.165) is 23.4 Å². The standard InChI is InChI=1S/C21H27N7O14P2.C21H26N6O15P2/c22-17-12-19(25-7-24-17)28(8-26-12)21-16(32)14(30)11(41-21)6-39-44(36,37)42-43(34,35)38-5-10-13(29)15(31)20(40-10)27-3-1-2-9(4-27)18(23)33;22-17-12-18(24-7-23-17)27(8-25-12)20-16(31)14(29)11(41-20)6-39-44(36,37)42-43(34,35)38-5-10-13(28)15(30)19(40-10)26-3-1-2-9(4-26)21(32)33/h1-4,7-8,10-11,13-16,20-21,29-32H,5-6H2,(H5-,22,23,24,25,33,34,35,36,37);1-4,7-8,10-11,13-16,19-20,28-31H,5-6H2,(H4-,22,23,24,32,33,34,35,36,37)/t10-,11-,13-,14-,15-,16-,20-,21-;10-,11-,13-,14-,15-,16-,19-,20-/m11/s1. The van der Waals surface area contributed by atoms with E-state index in [-0.39, 0.29) is 45.1 Å². The first-order valence-electron chi connectivity index (χ1n) is 25.1. The zero-order chi connectivity index (χ0) is 63.9. The molecule has 4 fully saturated rings. The molecule has 0 radical (unpaired) electrons. The number of hydrogen-bond donors (Lipinski definition) is 14. The Kier molecular flexibility index (Phi) is 19.9. The zero-order valence-electron chi connectivity index (χ0n) is 44.3. The van der Waals surface area contributed by atoms with Crippen molar-refractivity contribution in [3.8, 4) is 0 Å². The van der Waals surface area contributed by atoms with Gasteiger partial charge in [-0.15, -0.1) is 0 Å². The number of amides is 1. The molecule has 0 aliphatic carbocycles. The topological polar surface area (TPSA) is 636 Å². The number of pyridine rings is 2. The molecule has 480 valence electrons. The molecule has 4 aliphatic rings. The van der Waals surface area contributed by atoms with E-state index in [1.165, 1.54) is 69.2 Å². The minimum Gasteiger partial charge on any atom is -0.756 e. The van der Waals surface area contributed by atoms with Gasteiger partial charge in [-0.1, -0.05) is 0 Å². The number of aromatic nitrogens is 10. The van der Waals surface area contributed by atoms with Crippen LogP contribution in [0.15, 0.2) is 74.4 Å². The van der Waals surface area contributed by atoms with Gasteiger partial charge in [0, 0.05) is 12.1 Å². The molecule has 4 saturated heterocycles. The highest BCUT2D eigenvalue weighted by molar-refractivity contribution is 7.61.